The zero-order chi connectivity index (χ0) is 15.8. The number of aromatic amines is 1. The quantitative estimate of drug-likeness (QED) is 0.551. The standard InChI is InChI=1S/C15H22N6O/c1-11(9-22-3)20-15(16-2)17-8-12-5-4-6-13(7-12)14-18-10-19-21-14/h4-7,10-11H,8-9H2,1-3H3,(H2,16,17,20)(H,18,19,21). The van der Waals surface area contributed by atoms with Crippen molar-refractivity contribution in [2.45, 2.75) is 19.5 Å². The smallest absolute Gasteiger partial charge is 0.191 e. The van der Waals surface area contributed by atoms with Crippen LogP contribution in [0, 0.1) is 0 Å². The number of nitrogens with one attached hydrogen (secondary N) is 3. The van der Waals surface area contributed by atoms with Gasteiger partial charge in [-0.2, -0.15) is 5.10 Å². The Morgan fingerprint density at radius 2 is 2.32 bits per heavy atom. The van der Waals surface area contributed by atoms with Crippen LogP contribution in [0.2, 0.25) is 0 Å². The summed E-state index contributed by atoms with van der Waals surface area (Å²) in [7, 11) is 3.43. The number of ether oxygens (including phenoxy) is 1. The van der Waals surface area contributed by atoms with Gasteiger partial charge in [-0.1, -0.05) is 18.2 Å². The minimum atomic E-state index is 0.191. The zero-order valence-corrected chi connectivity index (χ0v) is 13.1. The zero-order valence-electron chi connectivity index (χ0n) is 13.1. The first-order valence-electron chi connectivity index (χ1n) is 7.13. The molecule has 1 aromatic heterocycles. The van der Waals surface area contributed by atoms with Gasteiger partial charge in [0.05, 0.1) is 6.61 Å². The van der Waals surface area contributed by atoms with Crippen molar-refractivity contribution < 1.29 is 4.74 Å². The van der Waals surface area contributed by atoms with Gasteiger partial charge in [-0.25, -0.2) is 4.98 Å². The second-order valence-electron chi connectivity index (χ2n) is 4.96. The van der Waals surface area contributed by atoms with E-state index in [1.54, 1.807) is 14.2 Å². The minimum Gasteiger partial charge on any atom is -0.383 e. The fraction of sp³-hybridized carbons (Fsp3) is 0.400. The van der Waals surface area contributed by atoms with Gasteiger partial charge in [0.2, 0.25) is 0 Å². The van der Waals surface area contributed by atoms with Crippen LogP contribution in [0.5, 0.6) is 0 Å². The van der Waals surface area contributed by atoms with E-state index in [0.29, 0.717) is 13.2 Å². The fourth-order valence-electron chi connectivity index (χ4n) is 2.08. The van der Waals surface area contributed by atoms with Gasteiger partial charge in [-0.15, -0.1) is 0 Å². The van der Waals surface area contributed by atoms with Gasteiger partial charge in [0.15, 0.2) is 11.8 Å². The lowest BCUT2D eigenvalue weighted by Gasteiger charge is -2.17. The monoisotopic (exact) mass is 302 g/mol. The fourth-order valence-corrected chi connectivity index (χ4v) is 2.08. The molecule has 0 amide bonds. The van der Waals surface area contributed by atoms with Crippen molar-refractivity contribution in [3.05, 3.63) is 36.2 Å². The van der Waals surface area contributed by atoms with E-state index in [-0.39, 0.29) is 6.04 Å². The maximum absolute atomic E-state index is 5.11. The van der Waals surface area contributed by atoms with E-state index in [2.05, 4.69) is 42.9 Å². The Bertz CT molecular complexity index is 596. The van der Waals surface area contributed by atoms with Gasteiger partial charge < -0.3 is 15.4 Å². The number of aromatic nitrogens is 3. The second-order valence-corrected chi connectivity index (χ2v) is 4.96. The Labute approximate surface area is 130 Å². The summed E-state index contributed by atoms with van der Waals surface area (Å²) in [5.74, 6) is 1.51. The highest BCUT2D eigenvalue weighted by molar-refractivity contribution is 5.79. The average molecular weight is 302 g/mol. The number of benzene rings is 1. The number of aliphatic imine (C=N–C) groups is 1. The third-order valence-electron chi connectivity index (χ3n) is 3.10. The van der Waals surface area contributed by atoms with Crippen LogP contribution in [0.25, 0.3) is 11.4 Å². The maximum atomic E-state index is 5.11. The Hall–Kier alpha value is -2.41. The summed E-state index contributed by atoms with van der Waals surface area (Å²) < 4.78 is 5.11. The molecule has 1 unspecified atom stereocenters. The largest absolute Gasteiger partial charge is 0.383 e. The van der Waals surface area contributed by atoms with Gasteiger partial charge in [0, 0.05) is 32.3 Å². The van der Waals surface area contributed by atoms with E-state index in [4.69, 9.17) is 4.74 Å². The van der Waals surface area contributed by atoms with Crippen LogP contribution in [-0.2, 0) is 11.3 Å². The molecule has 0 fully saturated rings. The molecule has 1 aromatic carbocycles. The third-order valence-corrected chi connectivity index (χ3v) is 3.10. The van der Waals surface area contributed by atoms with Crippen molar-refractivity contribution in [3.63, 3.8) is 0 Å². The van der Waals surface area contributed by atoms with Gasteiger partial charge in [-0.05, 0) is 18.6 Å². The second kappa shape index (κ2) is 8.14. The van der Waals surface area contributed by atoms with Crippen LogP contribution in [0.15, 0.2) is 35.6 Å². The number of hydrogen-bond donors (Lipinski definition) is 3. The minimum absolute atomic E-state index is 0.191. The lowest BCUT2D eigenvalue weighted by molar-refractivity contribution is 0.179. The van der Waals surface area contributed by atoms with Gasteiger partial charge in [-0.3, -0.25) is 10.1 Å². The molecule has 22 heavy (non-hydrogen) atoms. The number of rotatable bonds is 6. The van der Waals surface area contributed by atoms with Crippen molar-refractivity contribution >= 4 is 5.96 Å². The highest BCUT2D eigenvalue weighted by atomic mass is 16.5. The first-order valence-corrected chi connectivity index (χ1v) is 7.13. The van der Waals surface area contributed by atoms with Crippen LogP contribution in [0.1, 0.15) is 12.5 Å². The summed E-state index contributed by atoms with van der Waals surface area (Å²) >= 11 is 0. The number of nitrogens with zero attached hydrogens (tertiary/aromatic N) is 3. The number of methoxy groups -OCH3 is 1. The molecule has 1 atom stereocenters. The van der Waals surface area contributed by atoms with Gasteiger partial charge in [0.25, 0.3) is 0 Å². The predicted molar refractivity (Wildman–Crippen MR) is 86.5 cm³/mol. The molecule has 2 aromatic rings. The first-order chi connectivity index (χ1) is 10.7. The van der Waals surface area contributed by atoms with Crippen LogP contribution in [0.3, 0.4) is 0 Å². The number of H-pyrrole nitrogens is 1. The molecule has 0 radical (unpaired) electrons. The molecular formula is C15H22N6O. The average Bonchev–Trinajstić information content (AvgIpc) is 3.06. The van der Waals surface area contributed by atoms with Crippen molar-refractivity contribution in [3.8, 4) is 11.4 Å². The summed E-state index contributed by atoms with van der Waals surface area (Å²) in [5, 5.41) is 13.3. The summed E-state index contributed by atoms with van der Waals surface area (Å²) in [4.78, 5) is 8.37. The molecule has 0 saturated carbocycles. The molecule has 0 spiro atoms. The first kappa shape index (κ1) is 16.0. The Morgan fingerprint density at radius 1 is 1.45 bits per heavy atom. The Kier molecular flexibility index (Phi) is 5.91. The van der Waals surface area contributed by atoms with Gasteiger partial charge in [0.1, 0.15) is 6.33 Å². The lowest BCUT2D eigenvalue weighted by Crippen LogP contribution is -2.43. The molecule has 7 heteroatoms. The van der Waals surface area contributed by atoms with Crippen LogP contribution in [-0.4, -0.2) is 47.9 Å². The molecule has 0 aliphatic carbocycles. The topological polar surface area (TPSA) is 87.2 Å². The molecule has 2 rings (SSSR count). The molecule has 0 saturated heterocycles. The summed E-state index contributed by atoms with van der Waals surface area (Å²) in [6.45, 7) is 3.34. The molecule has 7 nitrogen and oxygen atoms in total. The number of hydrogen-bond acceptors (Lipinski definition) is 4. The van der Waals surface area contributed by atoms with E-state index >= 15 is 0 Å². The predicted octanol–water partition coefficient (Wildman–Crippen LogP) is 1.17. The summed E-state index contributed by atoms with van der Waals surface area (Å²) in [6.07, 6.45) is 1.50. The number of guanidine groups is 1. The third kappa shape index (κ3) is 4.56. The molecule has 3 N–H and O–H groups in total. The molecule has 1 heterocycles. The van der Waals surface area contributed by atoms with Crippen LogP contribution in [0.4, 0.5) is 0 Å². The Morgan fingerprint density at radius 3 is 3.00 bits per heavy atom. The SMILES string of the molecule is CN=C(NCc1cccc(-c2ncn[nH]2)c1)NC(C)COC. The molecule has 0 aliphatic rings. The van der Waals surface area contributed by atoms with Crippen molar-refractivity contribution in [2.75, 3.05) is 20.8 Å². The van der Waals surface area contributed by atoms with E-state index < -0.39 is 0 Å². The highest BCUT2D eigenvalue weighted by Crippen LogP contribution is 2.15. The van der Waals surface area contributed by atoms with Crippen molar-refractivity contribution in [1.82, 2.24) is 25.8 Å². The van der Waals surface area contributed by atoms with E-state index in [1.807, 2.05) is 19.1 Å². The van der Waals surface area contributed by atoms with Crippen LogP contribution < -0.4 is 10.6 Å². The van der Waals surface area contributed by atoms with E-state index in [0.717, 1.165) is 22.9 Å². The van der Waals surface area contributed by atoms with E-state index in [9.17, 15) is 0 Å². The Balaban J connectivity index is 1.95. The maximum Gasteiger partial charge on any atom is 0.191 e. The lowest BCUT2D eigenvalue weighted by atomic mass is 10.1. The van der Waals surface area contributed by atoms with Crippen molar-refractivity contribution in [2.24, 2.45) is 4.99 Å². The van der Waals surface area contributed by atoms with Crippen molar-refractivity contribution in [1.29, 1.82) is 0 Å². The summed E-state index contributed by atoms with van der Waals surface area (Å²) in [6, 6.07) is 8.31. The van der Waals surface area contributed by atoms with E-state index in [1.165, 1.54) is 6.33 Å². The summed E-state index contributed by atoms with van der Waals surface area (Å²) in [5.41, 5.74) is 2.14. The highest BCUT2D eigenvalue weighted by Gasteiger charge is 2.05. The molecular weight excluding hydrogens is 280 g/mol. The molecule has 118 valence electrons. The van der Waals surface area contributed by atoms with Crippen LogP contribution >= 0.6 is 0 Å². The molecule has 0 aliphatic heterocycles. The normalized spacial score (nSPS) is 13.0. The molecule has 0 bridgehead atoms. The van der Waals surface area contributed by atoms with Gasteiger partial charge >= 0.3 is 0 Å².